The third kappa shape index (κ3) is 5.91. The van der Waals surface area contributed by atoms with Crippen LogP contribution >= 0.6 is 0 Å². The van der Waals surface area contributed by atoms with Crippen LogP contribution in [0, 0.1) is 18.6 Å². The topological polar surface area (TPSA) is 98.5 Å². The summed E-state index contributed by atoms with van der Waals surface area (Å²) in [4.78, 5) is 16.6. The van der Waals surface area contributed by atoms with Gasteiger partial charge in [-0.25, -0.2) is 8.78 Å². The molecule has 0 radical (unpaired) electrons. The summed E-state index contributed by atoms with van der Waals surface area (Å²) >= 11 is 0. The van der Waals surface area contributed by atoms with Gasteiger partial charge in [-0.1, -0.05) is 11.3 Å². The Morgan fingerprint density at radius 2 is 1.97 bits per heavy atom. The lowest BCUT2D eigenvalue weighted by Gasteiger charge is -2.04. The van der Waals surface area contributed by atoms with Gasteiger partial charge in [-0.15, -0.1) is 5.10 Å². The summed E-state index contributed by atoms with van der Waals surface area (Å²) in [5.74, 6) is -1.46. The molecule has 1 aliphatic carbocycles. The molecule has 0 spiro atoms. The van der Waals surface area contributed by atoms with Crippen molar-refractivity contribution >= 4 is 17.6 Å². The number of carbonyl (C=O) groups is 1. The number of allylic oxidation sites excluding steroid dienone is 1. The van der Waals surface area contributed by atoms with Crippen molar-refractivity contribution in [1.29, 1.82) is 0 Å². The summed E-state index contributed by atoms with van der Waals surface area (Å²) in [5.41, 5.74) is 5.80. The van der Waals surface area contributed by atoms with Gasteiger partial charge in [0.2, 0.25) is 0 Å². The number of pyridine rings is 1. The third-order valence-electron chi connectivity index (χ3n) is 6.19. The minimum atomic E-state index is -0.597. The van der Waals surface area contributed by atoms with Gasteiger partial charge in [0.1, 0.15) is 11.6 Å². The molecule has 4 aromatic rings. The molecule has 3 heterocycles. The minimum absolute atomic E-state index is 0.268. The fourth-order valence-electron chi connectivity index (χ4n) is 4.17. The largest absolute Gasteiger partial charge is 0.346 e. The Balaban J connectivity index is 1.10. The van der Waals surface area contributed by atoms with Crippen LogP contribution in [-0.4, -0.2) is 36.1 Å². The molecule has 0 unspecified atom stereocenters. The molecule has 1 aliphatic rings. The Bertz CT molecular complexity index is 1460. The van der Waals surface area contributed by atoms with Gasteiger partial charge in [-0.05, 0) is 67.7 Å². The highest BCUT2D eigenvalue weighted by molar-refractivity contribution is 5.91. The van der Waals surface area contributed by atoms with E-state index >= 15 is 0 Å². The van der Waals surface area contributed by atoms with Crippen LogP contribution in [0.4, 0.5) is 8.78 Å². The Hall–Kier alpha value is -4.34. The summed E-state index contributed by atoms with van der Waals surface area (Å²) in [6.45, 7) is 2.90. The monoisotopic (exact) mass is 501 g/mol. The van der Waals surface area contributed by atoms with E-state index in [1.54, 1.807) is 17.1 Å². The van der Waals surface area contributed by atoms with Crippen LogP contribution in [0.2, 0.25) is 0 Å². The molecule has 0 fully saturated rings. The van der Waals surface area contributed by atoms with Crippen molar-refractivity contribution in [3.05, 3.63) is 99.9 Å². The van der Waals surface area contributed by atoms with Gasteiger partial charge in [-0.3, -0.25) is 14.5 Å². The number of aromatic nitrogens is 6. The van der Waals surface area contributed by atoms with Gasteiger partial charge in [0.25, 0.3) is 5.91 Å². The Labute approximate surface area is 212 Å². The number of nitrogens with zero attached hydrogens (tertiary/aromatic N) is 6. The zero-order valence-corrected chi connectivity index (χ0v) is 20.3. The maximum atomic E-state index is 14.2. The number of benzene rings is 1. The second kappa shape index (κ2) is 10.7. The first-order valence-electron chi connectivity index (χ1n) is 12.1. The molecule has 0 saturated heterocycles. The first-order valence-corrected chi connectivity index (χ1v) is 12.1. The molecule has 10 heteroatoms. The van der Waals surface area contributed by atoms with Gasteiger partial charge in [0.05, 0.1) is 17.6 Å². The van der Waals surface area contributed by atoms with E-state index in [2.05, 4.69) is 30.8 Å². The number of fused-ring (bicyclic) bond motifs is 1. The van der Waals surface area contributed by atoms with Crippen LogP contribution in [0.15, 0.2) is 48.8 Å². The van der Waals surface area contributed by atoms with Crippen molar-refractivity contribution in [2.24, 2.45) is 0 Å². The number of halogens is 2. The minimum Gasteiger partial charge on any atom is -0.346 e. The average Bonchev–Trinajstić information content (AvgIpc) is 3.53. The van der Waals surface area contributed by atoms with E-state index in [1.165, 1.54) is 12.1 Å². The fourth-order valence-corrected chi connectivity index (χ4v) is 4.17. The van der Waals surface area contributed by atoms with Crippen LogP contribution in [0.5, 0.6) is 0 Å². The third-order valence-corrected chi connectivity index (χ3v) is 6.19. The molecule has 188 valence electrons. The van der Waals surface area contributed by atoms with Gasteiger partial charge in [-0.2, -0.15) is 10.2 Å². The number of hydrogen-bond donors (Lipinski definition) is 1. The summed E-state index contributed by atoms with van der Waals surface area (Å²) in [5, 5.41) is 19.5. The van der Waals surface area contributed by atoms with Crippen molar-refractivity contribution in [2.75, 3.05) is 0 Å². The van der Waals surface area contributed by atoms with Gasteiger partial charge < -0.3 is 5.32 Å². The van der Waals surface area contributed by atoms with Crippen molar-refractivity contribution in [1.82, 2.24) is 35.5 Å². The molecule has 0 aliphatic heterocycles. The summed E-state index contributed by atoms with van der Waals surface area (Å²) in [6, 6.07) is 9.40. The van der Waals surface area contributed by atoms with Crippen molar-refractivity contribution < 1.29 is 13.6 Å². The molecule has 37 heavy (non-hydrogen) atoms. The van der Waals surface area contributed by atoms with E-state index in [1.807, 2.05) is 31.2 Å². The van der Waals surface area contributed by atoms with Crippen molar-refractivity contribution in [3.8, 4) is 0 Å². The summed E-state index contributed by atoms with van der Waals surface area (Å²) < 4.78 is 29.1. The maximum absolute atomic E-state index is 14.2. The number of unbranched alkanes of at least 4 members (excludes halogenated alkanes) is 1. The van der Waals surface area contributed by atoms with Crippen molar-refractivity contribution in [2.45, 2.75) is 45.7 Å². The molecule has 3 aromatic heterocycles. The molecular weight excluding hydrogens is 476 g/mol. The van der Waals surface area contributed by atoms with E-state index in [-0.39, 0.29) is 11.6 Å². The molecule has 5 rings (SSSR count). The number of rotatable bonds is 9. The number of aryl methyl sites for hydroxylation is 3. The molecule has 8 nitrogen and oxygen atoms in total. The smallest absolute Gasteiger partial charge is 0.273 e. The number of nitrogens with one attached hydrogen (secondary N) is 1. The number of hydrogen-bond acceptors (Lipinski definition) is 6. The molecular formula is C27H25F2N7O. The van der Waals surface area contributed by atoms with E-state index in [0.717, 1.165) is 59.1 Å². The maximum Gasteiger partial charge on any atom is 0.273 e. The molecule has 0 saturated carbocycles. The predicted molar refractivity (Wildman–Crippen MR) is 133 cm³/mol. The van der Waals surface area contributed by atoms with E-state index in [4.69, 9.17) is 0 Å². The van der Waals surface area contributed by atoms with Crippen molar-refractivity contribution in [3.63, 3.8) is 0 Å². The molecule has 0 bridgehead atoms. The first-order chi connectivity index (χ1) is 17.9. The molecule has 1 amide bonds. The van der Waals surface area contributed by atoms with Gasteiger partial charge in [0, 0.05) is 48.6 Å². The van der Waals surface area contributed by atoms with E-state index in [0.29, 0.717) is 25.1 Å². The predicted octanol–water partition coefficient (Wildman–Crippen LogP) is 4.10. The average molecular weight is 502 g/mol. The van der Waals surface area contributed by atoms with Crippen LogP contribution in [0.1, 0.15) is 57.1 Å². The standard InChI is InChI=1S/C27H25F2N7O/c1-17-5-6-18(14-30-17)15-31-27(37)26-16-36(35-34-26)9-3-2-4-22-11-20-10-19(12-25(20)33-32-22)23-8-7-21(28)13-24(23)29/h5-8,10-11,13-14,16H,2-4,9,12,15H2,1H3,(H,31,37). The Morgan fingerprint density at radius 1 is 1.08 bits per heavy atom. The zero-order chi connectivity index (χ0) is 25.8. The molecule has 1 aromatic carbocycles. The summed E-state index contributed by atoms with van der Waals surface area (Å²) in [6.07, 6.45) is 8.12. The summed E-state index contributed by atoms with van der Waals surface area (Å²) in [7, 11) is 0. The molecule has 1 N–H and O–H groups in total. The highest BCUT2D eigenvalue weighted by atomic mass is 19.1. The SMILES string of the molecule is Cc1ccc(CNC(=O)c2cn(CCCCc3cc4c(nn3)CC(c3ccc(F)cc3F)=C4)nn2)cn1. The lowest BCUT2D eigenvalue weighted by atomic mass is 10.0. The second-order valence-corrected chi connectivity index (χ2v) is 9.02. The van der Waals surface area contributed by atoms with Gasteiger partial charge >= 0.3 is 0 Å². The quantitative estimate of drug-likeness (QED) is 0.347. The fraction of sp³-hybridized carbons (Fsp3) is 0.259. The highest BCUT2D eigenvalue weighted by Gasteiger charge is 2.19. The lowest BCUT2D eigenvalue weighted by molar-refractivity contribution is 0.0945. The highest BCUT2D eigenvalue weighted by Crippen LogP contribution is 2.32. The van der Waals surface area contributed by atoms with Crippen LogP contribution in [0.25, 0.3) is 11.6 Å². The van der Waals surface area contributed by atoms with Crippen LogP contribution in [-0.2, 0) is 25.9 Å². The van der Waals surface area contributed by atoms with Gasteiger partial charge in [0.15, 0.2) is 5.69 Å². The lowest BCUT2D eigenvalue weighted by Crippen LogP contribution is -2.23. The Kier molecular flexibility index (Phi) is 7.07. The normalized spacial score (nSPS) is 12.4. The zero-order valence-electron chi connectivity index (χ0n) is 20.3. The van der Waals surface area contributed by atoms with Crippen LogP contribution in [0.3, 0.4) is 0 Å². The van der Waals surface area contributed by atoms with Crippen LogP contribution < -0.4 is 5.32 Å². The number of amides is 1. The van der Waals surface area contributed by atoms with E-state index in [9.17, 15) is 13.6 Å². The second-order valence-electron chi connectivity index (χ2n) is 9.02. The first kappa shape index (κ1) is 24.4. The number of carbonyl (C=O) groups excluding carboxylic acids is 1. The Morgan fingerprint density at radius 3 is 2.78 bits per heavy atom. The van der Waals surface area contributed by atoms with E-state index < -0.39 is 11.6 Å². The molecule has 0 atom stereocenters.